The molecule has 2 aromatic carbocycles. The molecule has 0 aliphatic heterocycles. The van der Waals surface area contributed by atoms with Crippen LogP contribution in [-0.4, -0.2) is 13.6 Å². The lowest BCUT2D eigenvalue weighted by atomic mass is 9.88. The Morgan fingerprint density at radius 3 is 2.31 bits per heavy atom. The molecule has 0 unspecified atom stereocenters. The second-order valence-corrected chi connectivity index (χ2v) is 3.77. The molecule has 0 aliphatic rings. The lowest BCUT2D eigenvalue weighted by molar-refractivity contribution is 0.103. The number of carbonyl (C=O) groups is 1. The van der Waals surface area contributed by atoms with Gasteiger partial charge >= 0.3 is 0 Å². The molecule has 0 spiro atoms. The van der Waals surface area contributed by atoms with E-state index in [2.05, 4.69) is 0 Å². The van der Waals surface area contributed by atoms with E-state index in [4.69, 9.17) is 7.85 Å². The summed E-state index contributed by atoms with van der Waals surface area (Å²) in [6.45, 7) is 1.92. The van der Waals surface area contributed by atoms with Gasteiger partial charge in [0.2, 0.25) is 0 Å². The highest BCUT2D eigenvalue weighted by molar-refractivity contribution is 6.34. The van der Waals surface area contributed by atoms with Crippen LogP contribution in [0.25, 0.3) is 0 Å². The van der Waals surface area contributed by atoms with E-state index in [0.29, 0.717) is 16.6 Å². The molecule has 1 nitrogen and oxygen atoms in total. The molecule has 0 aromatic heterocycles. The number of rotatable bonds is 2. The minimum Gasteiger partial charge on any atom is -0.289 e. The van der Waals surface area contributed by atoms with E-state index in [0.717, 1.165) is 5.56 Å². The van der Waals surface area contributed by atoms with Crippen molar-refractivity contribution in [3.8, 4) is 0 Å². The maximum Gasteiger partial charge on any atom is 0.192 e. The number of hydrogen-bond acceptors (Lipinski definition) is 1. The summed E-state index contributed by atoms with van der Waals surface area (Å²) in [5, 5.41) is 0. The molecule has 0 N–H and O–H groups in total. The fourth-order valence-electron chi connectivity index (χ4n) is 1.54. The monoisotopic (exact) mass is 206 g/mol. The summed E-state index contributed by atoms with van der Waals surface area (Å²) >= 11 is 0. The van der Waals surface area contributed by atoms with Gasteiger partial charge in [0, 0.05) is 11.1 Å². The van der Waals surface area contributed by atoms with Crippen LogP contribution >= 0.6 is 0 Å². The molecule has 2 heteroatoms. The van der Waals surface area contributed by atoms with Crippen molar-refractivity contribution >= 4 is 19.1 Å². The first kappa shape index (κ1) is 10.7. The molecule has 0 bridgehead atoms. The van der Waals surface area contributed by atoms with Crippen molar-refractivity contribution in [3.63, 3.8) is 0 Å². The van der Waals surface area contributed by atoms with Gasteiger partial charge in [0.05, 0.1) is 0 Å². The van der Waals surface area contributed by atoms with Crippen molar-refractivity contribution < 1.29 is 4.79 Å². The molecular formula is C14H11BO. The van der Waals surface area contributed by atoms with Crippen LogP contribution in [0.1, 0.15) is 21.5 Å². The van der Waals surface area contributed by atoms with E-state index < -0.39 is 0 Å². The Morgan fingerprint density at radius 1 is 1.00 bits per heavy atom. The molecule has 0 saturated carbocycles. The molecular weight excluding hydrogens is 195 g/mol. The largest absolute Gasteiger partial charge is 0.289 e. The van der Waals surface area contributed by atoms with Crippen LogP contribution in [0.4, 0.5) is 0 Å². The maximum atomic E-state index is 12.1. The third-order valence-electron chi connectivity index (χ3n) is 2.58. The normalized spacial score (nSPS) is 10.1. The molecule has 0 heterocycles. The second kappa shape index (κ2) is 4.36. The van der Waals surface area contributed by atoms with Gasteiger partial charge < -0.3 is 0 Å². The highest BCUT2D eigenvalue weighted by Gasteiger charge is 2.08. The molecule has 2 aromatic rings. The van der Waals surface area contributed by atoms with Crippen LogP contribution in [-0.2, 0) is 0 Å². The standard InChI is InChI=1S/C14H11BO/c1-10-7-8-12(9-13(10)15)14(16)11-5-3-2-4-6-11/h2-9H,1H3. The number of carbonyl (C=O) groups excluding carboxylic acids is 1. The van der Waals surface area contributed by atoms with Gasteiger partial charge in [0.15, 0.2) is 5.78 Å². The minimum absolute atomic E-state index is 0.00676. The summed E-state index contributed by atoms with van der Waals surface area (Å²) in [5.41, 5.74) is 2.96. The fraction of sp³-hybridized carbons (Fsp3) is 0.0714. The lowest BCUT2D eigenvalue weighted by Crippen LogP contribution is -2.11. The number of aryl methyl sites for hydroxylation is 1. The molecule has 0 amide bonds. The topological polar surface area (TPSA) is 17.1 Å². The van der Waals surface area contributed by atoms with Crippen molar-refractivity contribution in [2.75, 3.05) is 0 Å². The summed E-state index contributed by atoms with van der Waals surface area (Å²) < 4.78 is 0. The molecule has 0 saturated heterocycles. The van der Waals surface area contributed by atoms with E-state index in [1.165, 1.54) is 0 Å². The van der Waals surface area contributed by atoms with Crippen LogP contribution in [0.2, 0.25) is 0 Å². The van der Waals surface area contributed by atoms with Crippen LogP contribution in [0, 0.1) is 6.92 Å². The van der Waals surface area contributed by atoms with Gasteiger partial charge in [0.25, 0.3) is 0 Å². The third-order valence-corrected chi connectivity index (χ3v) is 2.58. The Bertz CT molecular complexity index is 518. The quantitative estimate of drug-likeness (QED) is 0.542. The SMILES string of the molecule is [B]c1cc(C(=O)c2ccccc2)ccc1C. The number of hydrogen-bond donors (Lipinski definition) is 0. The summed E-state index contributed by atoms with van der Waals surface area (Å²) in [6.07, 6.45) is 0. The zero-order valence-electron chi connectivity index (χ0n) is 9.10. The van der Waals surface area contributed by atoms with Crippen molar-refractivity contribution in [1.29, 1.82) is 0 Å². The molecule has 2 radical (unpaired) electrons. The van der Waals surface area contributed by atoms with E-state index in [9.17, 15) is 4.79 Å². The highest BCUT2D eigenvalue weighted by atomic mass is 16.1. The summed E-state index contributed by atoms with van der Waals surface area (Å²) in [7, 11) is 5.78. The Kier molecular flexibility index (Phi) is 2.91. The van der Waals surface area contributed by atoms with E-state index >= 15 is 0 Å². The van der Waals surface area contributed by atoms with Gasteiger partial charge in [-0.1, -0.05) is 59.6 Å². The zero-order valence-corrected chi connectivity index (χ0v) is 9.10. The van der Waals surface area contributed by atoms with Gasteiger partial charge in [-0.3, -0.25) is 4.79 Å². The maximum absolute atomic E-state index is 12.1. The Labute approximate surface area is 96.5 Å². The van der Waals surface area contributed by atoms with Gasteiger partial charge in [-0.05, 0) is 6.92 Å². The molecule has 0 aliphatic carbocycles. The Balaban J connectivity index is 2.39. The summed E-state index contributed by atoms with van der Waals surface area (Å²) in [5.74, 6) is 0.00676. The smallest absolute Gasteiger partial charge is 0.192 e. The fourth-order valence-corrected chi connectivity index (χ4v) is 1.54. The number of benzene rings is 2. The molecule has 2 rings (SSSR count). The average molecular weight is 206 g/mol. The van der Waals surface area contributed by atoms with Crippen molar-refractivity contribution in [2.24, 2.45) is 0 Å². The van der Waals surface area contributed by atoms with Crippen molar-refractivity contribution in [2.45, 2.75) is 6.92 Å². The first-order chi connectivity index (χ1) is 7.68. The first-order valence-electron chi connectivity index (χ1n) is 5.14. The predicted molar refractivity (Wildman–Crippen MR) is 66.4 cm³/mol. The average Bonchev–Trinajstić information content (AvgIpc) is 2.33. The van der Waals surface area contributed by atoms with E-state index in [1.807, 2.05) is 31.2 Å². The molecule has 16 heavy (non-hydrogen) atoms. The summed E-state index contributed by atoms with van der Waals surface area (Å²) in [4.78, 5) is 12.1. The third kappa shape index (κ3) is 2.06. The highest BCUT2D eigenvalue weighted by Crippen LogP contribution is 2.09. The number of ketones is 1. The second-order valence-electron chi connectivity index (χ2n) is 3.77. The minimum atomic E-state index is 0.00676. The zero-order chi connectivity index (χ0) is 11.5. The molecule has 0 fully saturated rings. The van der Waals surface area contributed by atoms with Crippen LogP contribution < -0.4 is 5.46 Å². The Hall–Kier alpha value is -1.83. The predicted octanol–water partition coefficient (Wildman–Crippen LogP) is 2.02. The van der Waals surface area contributed by atoms with Crippen LogP contribution in [0.3, 0.4) is 0 Å². The summed E-state index contributed by atoms with van der Waals surface area (Å²) in [6, 6.07) is 14.6. The van der Waals surface area contributed by atoms with Crippen molar-refractivity contribution in [1.82, 2.24) is 0 Å². The first-order valence-corrected chi connectivity index (χ1v) is 5.14. The lowest BCUT2D eigenvalue weighted by Gasteiger charge is -2.04. The van der Waals surface area contributed by atoms with E-state index in [1.54, 1.807) is 24.3 Å². The Morgan fingerprint density at radius 2 is 1.69 bits per heavy atom. The van der Waals surface area contributed by atoms with Crippen molar-refractivity contribution in [3.05, 3.63) is 65.2 Å². The molecule has 0 atom stereocenters. The van der Waals surface area contributed by atoms with Crippen LogP contribution in [0.15, 0.2) is 48.5 Å². The van der Waals surface area contributed by atoms with Gasteiger partial charge in [-0.2, -0.15) is 0 Å². The molecule has 76 valence electrons. The van der Waals surface area contributed by atoms with E-state index in [-0.39, 0.29) is 5.78 Å². The van der Waals surface area contributed by atoms with Gasteiger partial charge in [-0.25, -0.2) is 0 Å². The van der Waals surface area contributed by atoms with Gasteiger partial charge in [-0.15, -0.1) is 0 Å². The van der Waals surface area contributed by atoms with Crippen LogP contribution in [0.5, 0.6) is 0 Å². The van der Waals surface area contributed by atoms with Gasteiger partial charge in [0.1, 0.15) is 7.85 Å².